The number of halogens is 1. The lowest BCUT2D eigenvalue weighted by Crippen LogP contribution is -2.23. The van der Waals surface area contributed by atoms with Crippen molar-refractivity contribution in [3.05, 3.63) is 10.6 Å². The second-order valence-electron chi connectivity index (χ2n) is 4.62. The largest absolute Gasteiger partial charge is 0.456 e. The topological polar surface area (TPSA) is 68.3 Å². The number of thiazole rings is 1. The number of hydrogen-bond donors (Lipinski definition) is 1. The molecule has 0 radical (unpaired) electrons. The molecule has 0 bridgehead atoms. The molecule has 1 rings (SSSR count). The van der Waals surface area contributed by atoms with E-state index in [1.165, 1.54) is 0 Å². The summed E-state index contributed by atoms with van der Waals surface area (Å²) in [4.78, 5) is 27.4. The van der Waals surface area contributed by atoms with E-state index in [4.69, 9.17) is 16.3 Å². The fraction of sp³-hybridized carbons (Fsp3) is 0.545. The highest BCUT2D eigenvalue weighted by Gasteiger charge is 2.22. The minimum atomic E-state index is -0.562. The van der Waals surface area contributed by atoms with Gasteiger partial charge in [-0.2, -0.15) is 0 Å². The van der Waals surface area contributed by atoms with Crippen LogP contribution in [0.15, 0.2) is 0 Å². The van der Waals surface area contributed by atoms with E-state index in [1.54, 1.807) is 27.7 Å². The number of hydrogen-bond acceptors (Lipinski definition) is 5. The molecule has 0 saturated carbocycles. The molecule has 0 saturated heterocycles. The predicted molar refractivity (Wildman–Crippen MR) is 71.4 cm³/mol. The first-order chi connectivity index (χ1) is 8.23. The standard InChI is InChI=1S/C11H15ClN2O3S/c1-6-8(9(16)17-11(2,3)4)18-10(13-6)14-7(15)5-12/h5H2,1-4H3,(H,13,14,15). The number of alkyl halides is 1. The van der Waals surface area contributed by atoms with Gasteiger partial charge in [0.05, 0.1) is 5.69 Å². The van der Waals surface area contributed by atoms with E-state index in [9.17, 15) is 9.59 Å². The summed E-state index contributed by atoms with van der Waals surface area (Å²) in [6.07, 6.45) is 0. The SMILES string of the molecule is Cc1nc(NC(=O)CCl)sc1C(=O)OC(C)(C)C. The molecule has 1 N–H and O–H groups in total. The third-order valence-electron chi connectivity index (χ3n) is 1.75. The number of amides is 1. The maximum absolute atomic E-state index is 11.9. The van der Waals surface area contributed by atoms with Gasteiger partial charge in [-0.05, 0) is 27.7 Å². The van der Waals surface area contributed by atoms with Crippen LogP contribution in [-0.2, 0) is 9.53 Å². The van der Waals surface area contributed by atoms with E-state index in [-0.39, 0.29) is 11.8 Å². The Morgan fingerprint density at radius 1 is 1.44 bits per heavy atom. The van der Waals surface area contributed by atoms with Crippen LogP contribution in [0.25, 0.3) is 0 Å². The van der Waals surface area contributed by atoms with Crippen molar-refractivity contribution in [3.8, 4) is 0 Å². The average Bonchev–Trinajstić information content (AvgIpc) is 2.56. The third-order valence-corrected chi connectivity index (χ3v) is 3.04. The van der Waals surface area contributed by atoms with Crippen molar-refractivity contribution in [2.24, 2.45) is 0 Å². The minimum Gasteiger partial charge on any atom is -0.456 e. The van der Waals surface area contributed by atoms with Gasteiger partial charge in [-0.25, -0.2) is 9.78 Å². The van der Waals surface area contributed by atoms with Crippen molar-refractivity contribution < 1.29 is 14.3 Å². The molecule has 0 aliphatic carbocycles. The molecule has 1 aromatic rings. The van der Waals surface area contributed by atoms with Gasteiger partial charge >= 0.3 is 5.97 Å². The molecule has 5 nitrogen and oxygen atoms in total. The molecule has 18 heavy (non-hydrogen) atoms. The molecule has 0 spiro atoms. The molecular weight excluding hydrogens is 276 g/mol. The molecule has 1 aromatic heterocycles. The molecule has 0 fully saturated rings. The van der Waals surface area contributed by atoms with E-state index in [2.05, 4.69) is 10.3 Å². The lowest BCUT2D eigenvalue weighted by molar-refractivity contribution is -0.113. The van der Waals surface area contributed by atoms with Gasteiger partial charge in [0.25, 0.3) is 0 Å². The number of nitrogens with one attached hydrogen (secondary N) is 1. The Bertz CT molecular complexity index is 465. The van der Waals surface area contributed by atoms with Crippen LogP contribution in [0.2, 0.25) is 0 Å². The van der Waals surface area contributed by atoms with Crippen LogP contribution >= 0.6 is 22.9 Å². The van der Waals surface area contributed by atoms with E-state index in [0.29, 0.717) is 15.7 Å². The molecule has 0 unspecified atom stereocenters. The van der Waals surface area contributed by atoms with Crippen LogP contribution in [0, 0.1) is 6.92 Å². The minimum absolute atomic E-state index is 0.152. The fourth-order valence-corrected chi connectivity index (χ4v) is 2.04. The number of esters is 1. The summed E-state index contributed by atoms with van der Waals surface area (Å²) < 4.78 is 5.24. The molecule has 7 heteroatoms. The first-order valence-electron chi connectivity index (χ1n) is 5.29. The highest BCUT2D eigenvalue weighted by molar-refractivity contribution is 7.17. The van der Waals surface area contributed by atoms with Gasteiger partial charge in [0.15, 0.2) is 5.13 Å². The van der Waals surface area contributed by atoms with E-state index in [0.717, 1.165) is 11.3 Å². The predicted octanol–water partition coefficient (Wildman–Crippen LogP) is 2.58. The van der Waals surface area contributed by atoms with E-state index >= 15 is 0 Å². The molecule has 0 atom stereocenters. The number of aryl methyl sites for hydroxylation is 1. The smallest absolute Gasteiger partial charge is 0.350 e. The van der Waals surface area contributed by atoms with Crippen LogP contribution in [0.4, 0.5) is 5.13 Å². The van der Waals surface area contributed by atoms with Gasteiger partial charge in [0.1, 0.15) is 16.4 Å². The summed E-state index contributed by atoms with van der Waals surface area (Å²) in [6, 6.07) is 0. The summed E-state index contributed by atoms with van der Waals surface area (Å²) in [5.74, 6) is -0.953. The highest BCUT2D eigenvalue weighted by Crippen LogP contribution is 2.25. The van der Waals surface area contributed by atoms with Crippen LogP contribution in [0.1, 0.15) is 36.1 Å². The first kappa shape index (κ1) is 14.9. The molecular formula is C11H15ClN2O3S. The zero-order valence-electron chi connectivity index (χ0n) is 10.7. The van der Waals surface area contributed by atoms with Gasteiger partial charge in [-0.15, -0.1) is 11.6 Å². The maximum Gasteiger partial charge on any atom is 0.350 e. The van der Waals surface area contributed by atoms with E-state index < -0.39 is 11.6 Å². The van der Waals surface area contributed by atoms with E-state index in [1.807, 2.05) is 0 Å². The Hall–Kier alpha value is -1.14. The Kier molecular flexibility index (Phi) is 4.70. The number of nitrogens with zero attached hydrogens (tertiary/aromatic N) is 1. The maximum atomic E-state index is 11.9. The van der Waals surface area contributed by atoms with Gasteiger partial charge < -0.3 is 10.1 Å². The van der Waals surface area contributed by atoms with Crippen molar-refractivity contribution in [3.63, 3.8) is 0 Å². The Labute approximate surface area is 115 Å². The van der Waals surface area contributed by atoms with Gasteiger partial charge in [0, 0.05) is 0 Å². The second kappa shape index (κ2) is 5.67. The van der Waals surface area contributed by atoms with Crippen LogP contribution < -0.4 is 5.32 Å². The van der Waals surface area contributed by atoms with Crippen LogP contribution in [-0.4, -0.2) is 28.3 Å². The zero-order chi connectivity index (χ0) is 13.9. The van der Waals surface area contributed by atoms with Crippen molar-refractivity contribution in [1.82, 2.24) is 4.98 Å². The first-order valence-corrected chi connectivity index (χ1v) is 6.64. The van der Waals surface area contributed by atoms with Crippen molar-refractivity contribution in [1.29, 1.82) is 0 Å². The number of carbonyl (C=O) groups excluding carboxylic acids is 2. The Balaban J connectivity index is 2.84. The summed E-state index contributed by atoms with van der Waals surface area (Å²) in [5, 5.41) is 2.85. The molecule has 0 aliphatic rings. The lowest BCUT2D eigenvalue weighted by atomic mass is 10.2. The summed E-state index contributed by atoms with van der Waals surface area (Å²) in [6.45, 7) is 7.05. The average molecular weight is 291 g/mol. The number of aromatic nitrogens is 1. The van der Waals surface area contributed by atoms with Crippen molar-refractivity contribution >= 4 is 39.9 Å². The zero-order valence-corrected chi connectivity index (χ0v) is 12.2. The molecule has 100 valence electrons. The number of ether oxygens (including phenoxy) is 1. The third kappa shape index (κ3) is 4.27. The fourth-order valence-electron chi connectivity index (χ4n) is 1.12. The quantitative estimate of drug-likeness (QED) is 0.686. The van der Waals surface area contributed by atoms with Crippen LogP contribution in [0.3, 0.4) is 0 Å². The normalized spacial score (nSPS) is 11.2. The molecule has 0 aromatic carbocycles. The number of rotatable bonds is 3. The second-order valence-corrected chi connectivity index (χ2v) is 5.88. The van der Waals surface area contributed by atoms with Crippen LogP contribution in [0.5, 0.6) is 0 Å². The lowest BCUT2D eigenvalue weighted by Gasteiger charge is -2.18. The summed E-state index contributed by atoms with van der Waals surface area (Å²) in [7, 11) is 0. The Morgan fingerprint density at radius 3 is 2.56 bits per heavy atom. The Morgan fingerprint density at radius 2 is 2.06 bits per heavy atom. The summed E-state index contributed by atoms with van der Waals surface area (Å²) >= 11 is 6.45. The molecule has 1 amide bonds. The van der Waals surface area contributed by atoms with Crippen molar-refractivity contribution in [2.45, 2.75) is 33.3 Å². The molecule has 1 heterocycles. The molecule has 0 aliphatic heterocycles. The monoisotopic (exact) mass is 290 g/mol. The van der Waals surface area contributed by atoms with Crippen molar-refractivity contribution in [2.75, 3.05) is 11.2 Å². The summed E-state index contributed by atoms with van der Waals surface area (Å²) in [5.41, 5.74) is -0.0355. The van der Waals surface area contributed by atoms with Gasteiger partial charge in [-0.1, -0.05) is 11.3 Å². The van der Waals surface area contributed by atoms with Gasteiger partial charge in [-0.3, -0.25) is 4.79 Å². The highest BCUT2D eigenvalue weighted by atomic mass is 35.5. The van der Waals surface area contributed by atoms with Gasteiger partial charge in [0.2, 0.25) is 5.91 Å². The number of anilines is 1. The number of carbonyl (C=O) groups is 2.